The SMILES string of the molecule is CC(C)Oc1cccc(C(C)(O)c2ccc(F)cc2)c1. The second-order valence-electron chi connectivity index (χ2n) is 5.27. The Bertz CT molecular complexity index is 574. The Morgan fingerprint density at radius 1 is 1.05 bits per heavy atom. The van der Waals surface area contributed by atoms with Crippen LogP contribution in [0.1, 0.15) is 31.9 Å². The van der Waals surface area contributed by atoms with Gasteiger partial charge in [0.1, 0.15) is 17.2 Å². The molecule has 0 radical (unpaired) electrons. The molecule has 0 aliphatic rings. The van der Waals surface area contributed by atoms with Gasteiger partial charge in [-0.1, -0.05) is 24.3 Å². The molecule has 106 valence electrons. The van der Waals surface area contributed by atoms with E-state index >= 15 is 0 Å². The van der Waals surface area contributed by atoms with Crippen LogP contribution in [0.25, 0.3) is 0 Å². The molecular weight excluding hydrogens is 255 g/mol. The molecule has 0 fully saturated rings. The van der Waals surface area contributed by atoms with Crippen molar-refractivity contribution >= 4 is 0 Å². The molecule has 0 aromatic heterocycles. The van der Waals surface area contributed by atoms with E-state index in [-0.39, 0.29) is 11.9 Å². The van der Waals surface area contributed by atoms with Crippen molar-refractivity contribution in [2.24, 2.45) is 0 Å². The number of rotatable bonds is 4. The van der Waals surface area contributed by atoms with Crippen molar-refractivity contribution in [1.82, 2.24) is 0 Å². The van der Waals surface area contributed by atoms with Crippen LogP contribution >= 0.6 is 0 Å². The summed E-state index contributed by atoms with van der Waals surface area (Å²) >= 11 is 0. The van der Waals surface area contributed by atoms with Crippen LogP contribution in [0.2, 0.25) is 0 Å². The zero-order valence-corrected chi connectivity index (χ0v) is 11.9. The zero-order chi connectivity index (χ0) is 14.8. The minimum atomic E-state index is -1.19. The number of hydrogen-bond donors (Lipinski definition) is 1. The normalized spacial score (nSPS) is 14.1. The number of halogens is 1. The highest BCUT2D eigenvalue weighted by molar-refractivity contribution is 5.39. The van der Waals surface area contributed by atoms with Crippen LogP contribution in [0.4, 0.5) is 4.39 Å². The van der Waals surface area contributed by atoms with Gasteiger partial charge in [0, 0.05) is 0 Å². The molecule has 2 aromatic carbocycles. The van der Waals surface area contributed by atoms with E-state index in [1.165, 1.54) is 12.1 Å². The third kappa shape index (κ3) is 3.17. The molecule has 0 aliphatic carbocycles. The molecule has 3 heteroatoms. The number of aliphatic hydroxyl groups is 1. The van der Waals surface area contributed by atoms with Crippen LogP contribution in [0.5, 0.6) is 5.75 Å². The van der Waals surface area contributed by atoms with Gasteiger partial charge >= 0.3 is 0 Å². The first kappa shape index (κ1) is 14.5. The Balaban J connectivity index is 2.35. The minimum absolute atomic E-state index is 0.0704. The Labute approximate surface area is 118 Å². The maximum atomic E-state index is 13.0. The predicted molar refractivity (Wildman–Crippen MR) is 77.3 cm³/mol. The number of ether oxygens (including phenoxy) is 1. The molecular formula is C17H19FO2. The van der Waals surface area contributed by atoms with Crippen molar-refractivity contribution in [2.75, 3.05) is 0 Å². The van der Waals surface area contributed by atoms with Gasteiger partial charge in [0.2, 0.25) is 0 Å². The van der Waals surface area contributed by atoms with Crippen molar-refractivity contribution in [3.63, 3.8) is 0 Å². The minimum Gasteiger partial charge on any atom is -0.491 e. The Morgan fingerprint density at radius 2 is 1.70 bits per heavy atom. The predicted octanol–water partition coefficient (Wildman–Crippen LogP) is 3.87. The average molecular weight is 274 g/mol. The molecule has 0 amide bonds. The summed E-state index contributed by atoms with van der Waals surface area (Å²) in [5.41, 5.74) is 0.159. The van der Waals surface area contributed by atoms with Crippen LogP contribution in [0, 0.1) is 5.82 Å². The molecule has 2 aromatic rings. The highest BCUT2D eigenvalue weighted by atomic mass is 19.1. The molecule has 1 N–H and O–H groups in total. The van der Waals surface area contributed by atoms with Crippen molar-refractivity contribution in [3.05, 3.63) is 65.5 Å². The Kier molecular flexibility index (Phi) is 4.09. The van der Waals surface area contributed by atoms with E-state index in [1.807, 2.05) is 38.1 Å². The molecule has 0 spiro atoms. The first-order valence-electron chi connectivity index (χ1n) is 6.65. The van der Waals surface area contributed by atoms with Gasteiger partial charge in [-0.25, -0.2) is 4.39 Å². The first-order chi connectivity index (χ1) is 9.39. The zero-order valence-electron chi connectivity index (χ0n) is 11.9. The molecule has 20 heavy (non-hydrogen) atoms. The molecule has 0 saturated heterocycles. The van der Waals surface area contributed by atoms with Gasteiger partial charge in [-0.2, -0.15) is 0 Å². The smallest absolute Gasteiger partial charge is 0.123 e. The summed E-state index contributed by atoms with van der Waals surface area (Å²) in [7, 11) is 0. The fraction of sp³-hybridized carbons (Fsp3) is 0.294. The van der Waals surface area contributed by atoms with E-state index in [2.05, 4.69) is 0 Å². The number of hydrogen-bond acceptors (Lipinski definition) is 2. The summed E-state index contributed by atoms with van der Waals surface area (Å²) in [6.07, 6.45) is 0.0704. The molecule has 2 nitrogen and oxygen atoms in total. The van der Waals surface area contributed by atoms with Gasteiger partial charge in [0.15, 0.2) is 0 Å². The average Bonchev–Trinajstić information content (AvgIpc) is 2.39. The van der Waals surface area contributed by atoms with Gasteiger partial charge in [0.05, 0.1) is 6.10 Å². The van der Waals surface area contributed by atoms with Crippen LogP contribution < -0.4 is 4.74 Å². The Morgan fingerprint density at radius 3 is 2.30 bits per heavy atom. The standard InChI is InChI=1S/C17H19FO2/c1-12(2)20-16-6-4-5-14(11-16)17(3,19)13-7-9-15(18)10-8-13/h4-12,19H,1-3H3. The van der Waals surface area contributed by atoms with Crippen LogP contribution in [0.15, 0.2) is 48.5 Å². The summed E-state index contributed by atoms with van der Waals surface area (Å²) in [5.74, 6) is 0.390. The third-order valence-electron chi connectivity index (χ3n) is 3.17. The Hall–Kier alpha value is -1.87. The molecule has 2 rings (SSSR count). The van der Waals surface area contributed by atoms with Gasteiger partial charge in [-0.3, -0.25) is 0 Å². The summed E-state index contributed by atoms with van der Waals surface area (Å²) in [4.78, 5) is 0. The second kappa shape index (κ2) is 5.63. The van der Waals surface area contributed by atoms with Gasteiger partial charge < -0.3 is 9.84 Å². The fourth-order valence-electron chi connectivity index (χ4n) is 2.09. The lowest BCUT2D eigenvalue weighted by atomic mass is 9.88. The van der Waals surface area contributed by atoms with Gasteiger partial charge in [-0.05, 0) is 56.2 Å². The van der Waals surface area contributed by atoms with E-state index in [9.17, 15) is 9.50 Å². The summed E-state index contributed by atoms with van der Waals surface area (Å²) in [5, 5.41) is 10.7. The fourth-order valence-corrected chi connectivity index (χ4v) is 2.09. The van der Waals surface area contributed by atoms with E-state index in [0.717, 1.165) is 0 Å². The van der Waals surface area contributed by atoms with Crippen molar-refractivity contribution in [1.29, 1.82) is 0 Å². The van der Waals surface area contributed by atoms with E-state index in [0.29, 0.717) is 16.9 Å². The largest absolute Gasteiger partial charge is 0.491 e. The molecule has 0 heterocycles. The van der Waals surface area contributed by atoms with Crippen LogP contribution in [-0.4, -0.2) is 11.2 Å². The summed E-state index contributed by atoms with van der Waals surface area (Å²) < 4.78 is 18.6. The molecule has 0 saturated carbocycles. The van der Waals surface area contributed by atoms with Crippen molar-refractivity contribution < 1.29 is 14.2 Å². The molecule has 1 atom stereocenters. The monoisotopic (exact) mass is 274 g/mol. The van der Waals surface area contributed by atoms with Crippen LogP contribution in [0.3, 0.4) is 0 Å². The number of benzene rings is 2. The maximum Gasteiger partial charge on any atom is 0.123 e. The van der Waals surface area contributed by atoms with E-state index in [1.54, 1.807) is 19.1 Å². The lowest BCUT2D eigenvalue weighted by Gasteiger charge is -2.25. The topological polar surface area (TPSA) is 29.5 Å². The lowest BCUT2D eigenvalue weighted by Crippen LogP contribution is -2.22. The van der Waals surface area contributed by atoms with Crippen molar-refractivity contribution in [3.8, 4) is 5.75 Å². The lowest BCUT2D eigenvalue weighted by molar-refractivity contribution is 0.102. The van der Waals surface area contributed by atoms with Gasteiger partial charge in [0.25, 0.3) is 0 Å². The quantitative estimate of drug-likeness (QED) is 0.917. The second-order valence-corrected chi connectivity index (χ2v) is 5.27. The first-order valence-corrected chi connectivity index (χ1v) is 6.65. The summed E-state index contributed by atoms with van der Waals surface area (Å²) in [6.45, 7) is 5.59. The highest BCUT2D eigenvalue weighted by Crippen LogP contribution is 2.31. The summed E-state index contributed by atoms with van der Waals surface area (Å²) in [6, 6.07) is 13.2. The van der Waals surface area contributed by atoms with Crippen LogP contribution in [-0.2, 0) is 5.60 Å². The van der Waals surface area contributed by atoms with Crippen molar-refractivity contribution in [2.45, 2.75) is 32.5 Å². The van der Waals surface area contributed by atoms with E-state index < -0.39 is 5.60 Å². The molecule has 0 bridgehead atoms. The van der Waals surface area contributed by atoms with Gasteiger partial charge in [-0.15, -0.1) is 0 Å². The maximum absolute atomic E-state index is 13.0. The third-order valence-corrected chi connectivity index (χ3v) is 3.17. The molecule has 0 aliphatic heterocycles. The van der Waals surface area contributed by atoms with E-state index in [4.69, 9.17) is 4.74 Å². The highest BCUT2D eigenvalue weighted by Gasteiger charge is 2.26. The molecule has 1 unspecified atom stereocenters.